The molecule has 2 rings (SSSR count). The molecule has 0 saturated carbocycles. The highest BCUT2D eigenvalue weighted by molar-refractivity contribution is 5.77. The summed E-state index contributed by atoms with van der Waals surface area (Å²) in [6.45, 7) is 1.21. The number of amides is 2. The number of rotatable bonds is 4. The van der Waals surface area contributed by atoms with Crippen LogP contribution in [0.5, 0.6) is 0 Å². The van der Waals surface area contributed by atoms with E-state index in [0.29, 0.717) is 19.5 Å². The number of morpholine rings is 1. The van der Waals surface area contributed by atoms with Crippen LogP contribution >= 0.6 is 0 Å². The largest absolute Gasteiger partial charge is 0.479 e. The van der Waals surface area contributed by atoms with Gasteiger partial charge in [-0.1, -0.05) is 0 Å². The normalized spacial score (nSPS) is 18.9. The molecule has 1 aromatic heterocycles. The van der Waals surface area contributed by atoms with Gasteiger partial charge in [0, 0.05) is 26.3 Å². The van der Waals surface area contributed by atoms with Crippen LogP contribution in [0.3, 0.4) is 0 Å². The second-order valence-electron chi connectivity index (χ2n) is 4.65. The molecule has 0 spiro atoms. The average Bonchev–Trinajstić information content (AvgIpc) is 2.84. The Labute approximate surface area is 116 Å². The van der Waals surface area contributed by atoms with Gasteiger partial charge < -0.3 is 20.1 Å². The van der Waals surface area contributed by atoms with E-state index in [1.54, 1.807) is 10.9 Å². The van der Waals surface area contributed by atoms with Crippen LogP contribution in [-0.2, 0) is 23.0 Å². The minimum atomic E-state index is -1.04. The van der Waals surface area contributed by atoms with Gasteiger partial charge in [-0.3, -0.25) is 4.68 Å². The first-order chi connectivity index (χ1) is 9.56. The Morgan fingerprint density at radius 2 is 2.40 bits per heavy atom. The predicted octanol–water partition coefficient (Wildman–Crippen LogP) is -0.542. The highest BCUT2D eigenvalue weighted by Gasteiger charge is 2.28. The quantitative estimate of drug-likeness (QED) is 0.773. The summed E-state index contributed by atoms with van der Waals surface area (Å²) in [5.74, 6) is -1.04. The summed E-state index contributed by atoms with van der Waals surface area (Å²) in [4.78, 5) is 24.2. The second kappa shape index (κ2) is 6.38. The van der Waals surface area contributed by atoms with Crippen molar-refractivity contribution in [3.8, 4) is 0 Å². The maximum atomic E-state index is 11.9. The average molecular weight is 282 g/mol. The number of hydrogen-bond acceptors (Lipinski definition) is 4. The number of ether oxygens (including phenoxy) is 1. The summed E-state index contributed by atoms with van der Waals surface area (Å²) in [7, 11) is 1.84. The minimum absolute atomic E-state index is 0.0774. The Balaban J connectivity index is 1.75. The molecular weight excluding hydrogens is 264 g/mol. The Bertz CT molecular complexity index is 488. The van der Waals surface area contributed by atoms with E-state index in [-0.39, 0.29) is 19.2 Å². The lowest BCUT2D eigenvalue weighted by molar-refractivity contribution is -0.154. The fraction of sp³-hybridized carbons (Fsp3) is 0.583. The van der Waals surface area contributed by atoms with Gasteiger partial charge in [-0.05, 0) is 12.0 Å². The molecule has 1 aliphatic heterocycles. The summed E-state index contributed by atoms with van der Waals surface area (Å²) in [5, 5.41) is 15.7. The molecule has 0 bridgehead atoms. The van der Waals surface area contributed by atoms with E-state index in [2.05, 4.69) is 10.4 Å². The molecule has 1 aliphatic rings. The smallest absolute Gasteiger partial charge is 0.334 e. The predicted molar refractivity (Wildman–Crippen MR) is 69.3 cm³/mol. The minimum Gasteiger partial charge on any atom is -0.479 e. The number of nitrogens with one attached hydrogen (secondary N) is 1. The van der Waals surface area contributed by atoms with Crippen LogP contribution in [0.2, 0.25) is 0 Å². The van der Waals surface area contributed by atoms with E-state index >= 15 is 0 Å². The number of urea groups is 1. The zero-order chi connectivity index (χ0) is 14.5. The van der Waals surface area contributed by atoms with Crippen LogP contribution < -0.4 is 5.32 Å². The molecule has 0 radical (unpaired) electrons. The molecule has 8 nitrogen and oxygen atoms in total. The van der Waals surface area contributed by atoms with E-state index in [4.69, 9.17) is 9.84 Å². The van der Waals surface area contributed by atoms with Crippen molar-refractivity contribution in [3.63, 3.8) is 0 Å². The molecule has 2 heterocycles. The monoisotopic (exact) mass is 282 g/mol. The van der Waals surface area contributed by atoms with Crippen LogP contribution in [0.15, 0.2) is 12.4 Å². The van der Waals surface area contributed by atoms with Gasteiger partial charge in [0.05, 0.1) is 19.3 Å². The second-order valence-corrected chi connectivity index (χ2v) is 4.65. The van der Waals surface area contributed by atoms with Gasteiger partial charge in [-0.15, -0.1) is 0 Å². The van der Waals surface area contributed by atoms with Crippen molar-refractivity contribution in [2.24, 2.45) is 7.05 Å². The maximum absolute atomic E-state index is 11.9. The maximum Gasteiger partial charge on any atom is 0.334 e. The van der Waals surface area contributed by atoms with Gasteiger partial charge in [0.25, 0.3) is 0 Å². The molecule has 2 N–H and O–H groups in total. The highest BCUT2D eigenvalue weighted by atomic mass is 16.5. The number of aromatic nitrogens is 2. The number of carbonyl (C=O) groups is 2. The first-order valence-corrected chi connectivity index (χ1v) is 6.41. The Kier molecular flexibility index (Phi) is 4.57. The summed E-state index contributed by atoms with van der Waals surface area (Å²) < 4.78 is 6.77. The van der Waals surface area contributed by atoms with Crippen molar-refractivity contribution in [1.29, 1.82) is 0 Å². The molecule has 0 aliphatic carbocycles. The number of nitrogens with zero attached hydrogens (tertiary/aromatic N) is 3. The first kappa shape index (κ1) is 14.3. The molecule has 0 aromatic carbocycles. The lowest BCUT2D eigenvalue weighted by atomic mass is 10.2. The van der Waals surface area contributed by atoms with Crippen molar-refractivity contribution in [3.05, 3.63) is 18.0 Å². The number of carboxylic acids is 1. The van der Waals surface area contributed by atoms with Gasteiger partial charge in [-0.2, -0.15) is 5.10 Å². The molecule has 20 heavy (non-hydrogen) atoms. The third-order valence-corrected chi connectivity index (χ3v) is 3.08. The standard InChI is InChI=1S/C12H18N4O4/c1-15-7-9(6-14-15)2-3-13-12(19)16-4-5-20-10(8-16)11(17)18/h6-7,10H,2-5,8H2,1H3,(H,13,19)(H,17,18). The zero-order valence-corrected chi connectivity index (χ0v) is 11.3. The molecule has 110 valence electrons. The lowest BCUT2D eigenvalue weighted by Crippen LogP contribution is -2.52. The lowest BCUT2D eigenvalue weighted by Gasteiger charge is -2.30. The van der Waals surface area contributed by atoms with Gasteiger partial charge in [0.15, 0.2) is 6.10 Å². The molecule has 1 atom stereocenters. The SMILES string of the molecule is Cn1cc(CCNC(=O)N2CCOC(C(=O)O)C2)cn1. The fourth-order valence-electron chi connectivity index (χ4n) is 2.01. The molecule has 8 heteroatoms. The summed E-state index contributed by atoms with van der Waals surface area (Å²) in [5.41, 5.74) is 1.04. The third kappa shape index (κ3) is 3.70. The van der Waals surface area contributed by atoms with Crippen molar-refractivity contribution < 1.29 is 19.4 Å². The van der Waals surface area contributed by atoms with Gasteiger partial charge in [-0.25, -0.2) is 9.59 Å². The summed E-state index contributed by atoms with van der Waals surface area (Å²) in [6.07, 6.45) is 3.39. The van der Waals surface area contributed by atoms with E-state index < -0.39 is 12.1 Å². The summed E-state index contributed by atoms with van der Waals surface area (Å²) >= 11 is 0. The van der Waals surface area contributed by atoms with Crippen molar-refractivity contribution in [2.75, 3.05) is 26.2 Å². The number of aryl methyl sites for hydroxylation is 1. The number of carbonyl (C=O) groups excluding carboxylic acids is 1. The summed E-state index contributed by atoms with van der Waals surface area (Å²) in [6, 6.07) is -0.261. The first-order valence-electron chi connectivity index (χ1n) is 6.41. The Hall–Kier alpha value is -2.09. The van der Waals surface area contributed by atoms with E-state index in [1.165, 1.54) is 4.90 Å². The van der Waals surface area contributed by atoms with Gasteiger partial charge >= 0.3 is 12.0 Å². The molecule has 2 amide bonds. The Morgan fingerprint density at radius 3 is 3.05 bits per heavy atom. The molecule has 1 aromatic rings. The fourth-order valence-corrected chi connectivity index (χ4v) is 2.01. The van der Waals surface area contributed by atoms with Crippen LogP contribution in [-0.4, -0.2) is 64.1 Å². The van der Waals surface area contributed by atoms with Crippen molar-refractivity contribution in [2.45, 2.75) is 12.5 Å². The van der Waals surface area contributed by atoms with Crippen LogP contribution in [0, 0.1) is 0 Å². The van der Waals surface area contributed by atoms with E-state index in [0.717, 1.165) is 5.56 Å². The van der Waals surface area contributed by atoms with E-state index in [1.807, 2.05) is 13.2 Å². The van der Waals surface area contributed by atoms with Crippen molar-refractivity contribution >= 4 is 12.0 Å². The Morgan fingerprint density at radius 1 is 1.60 bits per heavy atom. The third-order valence-electron chi connectivity index (χ3n) is 3.08. The number of hydrogen-bond donors (Lipinski definition) is 2. The van der Waals surface area contributed by atoms with Gasteiger partial charge in [0.1, 0.15) is 0 Å². The van der Waals surface area contributed by atoms with Crippen LogP contribution in [0.1, 0.15) is 5.56 Å². The van der Waals surface area contributed by atoms with Gasteiger partial charge in [0.2, 0.25) is 0 Å². The molecule has 1 unspecified atom stereocenters. The van der Waals surface area contributed by atoms with Crippen LogP contribution in [0.4, 0.5) is 4.79 Å². The van der Waals surface area contributed by atoms with E-state index in [9.17, 15) is 9.59 Å². The van der Waals surface area contributed by atoms with Crippen LogP contribution in [0.25, 0.3) is 0 Å². The zero-order valence-electron chi connectivity index (χ0n) is 11.3. The number of carboxylic acid groups (broad SMARTS) is 1. The topological polar surface area (TPSA) is 96.7 Å². The molecular formula is C12H18N4O4. The van der Waals surface area contributed by atoms with Crippen molar-refractivity contribution in [1.82, 2.24) is 20.0 Å². The molecule has 1 fully saturated rings. The highest BCUT2D eigenvalue weighted by Crippen LogP contribution is 2.05. The number of aliphatic carboxylic acids is 1. The molecule has 1 saturated heterocycles.